The van der Waals surface area contributed by atoms with Crippen LogP contribution in [0.25, 0.3) is 0 Å². The molecule has 1 amide bonds. The van der Waals surface area contributed by atoms with Crippen molar-refractivity contribution in [2.45, 2.75) is 91.4 Å². The Morgan fingerprint density at radius 2 is 1.48 bits per heavy atom. The molecule has 0 heterocycles. The van der Waals surface area contributed by atoms with E-state index in [9.17, 15) is 4.79 Å². The predicted molar refractivity (Wildman–Crippen MR) is 143 cm³/mol. The average molecular weight is 479 g/mol. The number of hydrogen-bond donors (Lipinski definition) is 2. The van der Waals surface area contributed by atoms with Crippen molar-refractivity contribution in [1.82, 2.24) is 5.32 Å². The molecule has 0 radical (unpaired) electrons. The fourth-order valence-electron chi connectivity index (χ4n) is 3.41. The summed E-state index contributed by atoms with van der Waals surface area (Å²) in [4.78, 5) is 13.2. The highest BCUT2D eigenvalue weighted by Gasteiger charge is 2.09. The lowest BCUT2D eigenvalue weighted by Gasteiger charge is -2.14. The van der Waals surface area contributed by atoms with E-state index in [-0.39, 0.29) is 5.91 Å². The second-order valence-electron chi connectivity index (χ2n) is 8.48. The zero-order chi connectivity index (χ0) is 24.2. The standard InChI is InChI=1S/C27H46N2O3S/c1-4-7-9-10-18-31-19-11-12-20-32-21-13-14-26(30)29-25-22-24(16-15-23(25)6-3)27(33)28-17-8-5-2/h15-16,22H,4-14,17-21H2,1-3H3,(H,28,33)(H,29,30). The first-order valence-electron chi connectivity index (χ1n) is 13.0. The van der Waals surface area contributed by atoms with Crippen molar-refractivity contribution in [2.24, 2.45) is 0 Å². The van der Waals surface area contributed by atoms with Gasteiger partial charge in [-0.3, -0.25) is 4.79 Å². The minimum Gasteiger partial charge on any atom is -0.381 e. The van der Waals surface area contributed by atoms with E-state index in [2.05, 4.69) is 37.5 Å². The smallest absolute Gasteiger partial charge is 0.224 e. The molecule has 0 unspecified atom stereocenters. The number of nitrogens with one attached hydrogen (secondary N) is 2. The number of thiocarbonyl (C=S) groups is 1. The molecule has 0 saturated carbocycles. The van der Waals surface area contributed by atoms with Gasteiger partial charge in [0.05, 0.1) is 0 Å². The lowest BCUT2D eigenvalue weighted by atomic mass is 10.1. The van der Waals surface area contributed by atoms with Gasteiger partial charge < -0.3 is 20.1 Å². The van der Waals surface area contributed by atoms with E-state index in [4.69, 9.17) is 21.7 Å². The topological polar surface area (TPSA) is 59.6 Å². The summed E-state index contributed by atoms with van der Waals surface area (Å²) in [6, 6.07) is 6.07. The first-order valence-corrected chi connectivity index (χ1v) is 13.4. The molecule has 0 saturated heterocycles. The third-order valence-corrected chi connectivity index (χ3v) is 5.89. The number of benzene rings is 1. The van der Waals surface area contributed by atoms with Crippen molar-refractivity contribution >= 4 is 28.8 Å². The fourth-order valence-corrected chi connectivity index (χ4v) is 3.64. The maximum atomic E-state index is 12.4. The van der Waals surface area contributed by atoms with Crippen molar-refractivity contribution in [2.75, 3.05) is 38.3 Å². The molecule has 2 N–H and O–H groups in total. The van der Waals surface area contributed by atoms with Crippen LogP contribution in [-0.2, 0) is 20.7 Å². The number of carbonyl (C=O) groups excluding carboxylic acids is 1. The van der Waals surface area contributed by atoms with Gasteiger partial charge in [0.1, 0.15) is 4.99 Å². The predicted octanol–water partition coefficient (Wildman–Crippen LogP) is 6.43. The Labute approximate surface area is 207 Å². The summed E-state index contributed by atoms with van der Waals surface area (Å²) in [7, 11) is 0. The summed E-state index contributed by atoms with van der Waals surface area (Å²) in [5.74, 6) is 0.0202. The maximum Gasteiger partial charge on any atom is 0.224 e. The molecule has 0 bridgehead atoms. The first-order chi connectivity index (χ1) is 16.1. The van der Waals surface area contributed by atoms with Crippen LogP contribution in [0.1, 0.15) is 96.1 Å². The number of amides is 1. The second kappa shape index (κ2) is 19.9. The normalized spacial score (nSPS) is 10.9. The molecule has 0 aliphatic rings. The maximum absolute atomic E-state index is 12.4. The van der Waals surface area contributed by atoms with Crippen molar-refractivity contribution in [3.63, 3.8) is 0 Å². The third-order valence-electron chi connectivity index (χ3n) is 5.51. The number of rotatable bonds is 20. The molecule has 5 nitrogen and oxygen atoms in total. The van der Waals surface area contributed by atoms with Gasteiger partial charge in [0, 0.05) is 50.6 Å². The largest absolute Gasteiger partial charge is 0.381 e. The van der Waals surface area contributed by atoms with Crippen LogP contribution in [0.2, 0.25) is 0 Å². The van der Waals surface area contributed by atoms with E-state index >= 15 is 0 Å². The van der Waals surface area contributed by atoms with Crippen molar-refractivity contribution < 1.29 is 14.3 Å². The molecule has 6 heteroatoms. The van der Waals surface area contributed by atoms with E-state index < -0.39 is 0 Å². The number of carbonyl (C=O) groups is 1. The molecule has 188 valence electrons. The molecular formula is C27H46N2O3S. The second-order valence-corrected chi connectivity index (χ2v) is 8.89. The van der Waals surface area contributed by atoms with Crippen LogP contribution in [0.3, 0.4) is 0 Å². The van der Waals surface area contributed by atoms with Gasteiger partial charge in [0.25, 0.3) is 0 Å². The van der Waals surface area contributed by atoms with Gasteiger partial charge in [0.2, 0.25) is 5.91 Å². The zero-order valence-corrected chi connectivity index (χ0v) is 22.0. The molecule has 33 heavy (non-hydrogen) atoms. The summed E-state index contributed by atoms with van der Waals surface area (Å²) in [5, 5.41) is 6.36. The van der Waals surface area contributed by atoms with Gasteiger partial charge in [-0.15, -0.1) is 0 Å². The van der Waals surface area contributed by atoms with Crippen LogP contribution in [0.4, 0.5) is 5.69 Å². The van der Waals surface area contributed by atoms with Crippen LogP contribution in [0, 0.1) is 0 Å². The summed E-state index contributed by atoms with van der Waals surface area (Å²) in [6.45, 7) is 10.4. The molecule has 0 fully saturated rings. The molecule has 0 aromatic heterocycles. The molecule has 1 aromatic carbocycles. The Kier molecular flexibility index (Phi) is 17.8. The van der Waals surface area contributed by atoms with Crippen LogP contribution >= 0.6 is 12.2 Å². The van der Waals surface area contributed by atoms with Gasteiger partial charge in [0.15, 0.2) is 0 Å². The van der Waals surface area contributed by atoms with Gasteiger partial charge in [-0.1, -0.05) is 70.8 Å². The fraction of sp³-hybridized carbons (Fsp3) is 0.704. The minimum atomic E-state index is 0.0202. The molecule has 1 rings (SSSR count). The third kappa shape index (κ3) is 14.4. The van der Waals surface area contributed by atoms with E-state index in [1.54, 1.807) is 0 Å². The van der Waals surface area contributed by atoms with Crippen LogP contribution in [0.15, 0.2) is 18.2 Å². The average Bonchev–Trinajstić information content (AvgIpc) is 2.82. The van der Waals surface area contributed by atoms with Gasteiger partial charge in [-0.2, -0.15) is 0 Å². The highest BCUT2D eigenvalue weighted by atomic mass is 32.1. The molecule has 0 atom stereocenters. The van der Waals surface area contributed by atoms with Crippen molar-refractivity contribution in [1.29, 1.82) is 0 Å². The van der Waals surface area contributed by atoms with Crippen molar-refractivity contribution in [3.8, 4) is 0 Å². The Morgan fingerprint density at radius 1 is 0.848 bits per heavy atom. The zero-order valence-electron chi connectivity index (χ0n) is 21.2. The SMILES string of the molecule is CCCCCCOCCCCOCCCC(=O)Nc1cc(C(=S)NCCCC)ccc1CC. The number of ether oxygens (including phenoxy) is 2. The Hall–Kier alpha value is -1.50. The Bertz CT molecular complexity index is 667. The number of unbranched alkanes of at least 4 members (excludes halogenated alkanes) is 5. The monoisotopic (exact) mass is 478 g/mol. The number of anilines is 1. The van der Waals surface area contributed by atoms with Crippen LogP contribution in [-0.4, -0.2) is 43.9 Å². The summed E-state index contributed by atoms with van der Waals surface area (Å²) < 4.78 is 11.3. The van der Waals surface area contributed by atoms with Crippen LogP contribution in [0.5, 0.6) is 0 Å². The lowest BCUT2D eigenvalue weighted by molar-refractivity contribution is -0.116. The molecule has 0 aliphatic carbocycles. The van der Waals surface area contributed by atoms with Gasteiger partial charge in [-0.25, -0.2) is 0 Å². The lowest BCUT2D eigenvalue weighted by Crippen LogP contribution is -2.23. The first kappa shape index (κ1) is 29.5. The summed E-state index contributed by atoms with van der Waals surface area (Å²) in [5.41, 5.74) is 2.92. The van der Waals surface area contributed by atoms with E-state index in [0.717, 1.165) is 86.7 Å². The quantitative estimate of drug-likeness (QED) is 0.167. The summed E-state index contributed by atoms with van der Waals surface area (Å²) in [6.07, 6.45) is 11.3. The van der Waals surface area contributed by atoms with Crippen LogP contribution < -0.4 is 10.6 Å². The highest BCUT2D eigenvalue weighted by Crippen LogP contribution is 2.19. The van der Waals surface area contributed by atoms with E-state index in [0.29, 0.717) is 13.0 Å². The number of hydrogen-bond acceptors (Lipinski definition) is 4. The summed E-state index contributed by atoms with van der Waals surface area (Å²) >= 11 is 5.50. The molecule has 0 aliphatic heterocycles. The Morgan fingerprint density at radius 3 is 2.12 bits per heavy atom. The molecule has 0 spiro atoms. The van der Waals surface area contributed by atoms with Gasteiger partial charge in [-0.05, 0) is 50.2 Å². The van der Waals surface area contributed by atoms with E-state index in [1.165, 1.54) is 25.7 Å². The highest BCUT2D eigenvalue weighted by molar-refractivity contribution is 7.80. The van der Waals surface area contributed by atoms with E-state index in [1.807, 2.05) is 12.1 Å². The molecular weight excluding hydrogens is 432 g/mol. The molecule has 1 aromatic rings. The Balaban J connectivity index is 2.21. The van der Waals surface area contributed by atoms with Gasteiger partial charge >= 0.3 is 0 Å². The minimum absolute atomic E-state index is 0.0202. The van der Waals surface area contributed by atoms with Crippen molar-refractivity contribution in [3.05, 3.63) is 29.3 Å². The number of aryl methyl sites for hydroxylation is 1.